The minimum Gasteiger partial charge on any atom is -0.549 e. The molecule has 0 radical (unpaired) electrons. The molecule has 0 amide bonds. The lowest BCUT2D eigenvalue weighted by atomic mass is 10.2. The summed E-state index contributed by atoms with van der Waals surface area (Å²) in [6.07, 6.45) is 0. The van der Waals surface area contributed by atoms with Crippen LogP contribution in [0.5, 0.6) is 0 Å². The molecule has 2 nitrogen and oxygen atoms in total. The fraction of sp³-hybridized carbons (Fsp3) is 0.125. The normalized spacial score (nSPS) is 12.5. The van der Waals surface area contributed by atoms with Crippen LogP contribution in [0.15, 0.2) is 30.3 Å². The Bertz CT molecular complexity index is 246. The monoisotopic (exact) mass is 261 g/mol. The molecule has 0 aliphatic carbocycles. The topological polar surface area (TPSA) is 40.1 Å². The van der Waals surface area contributed by atoms with E-state index in [1.165, 1.54) is 0 Å². The summed E-state index contributed by atoms with van der Waals surface area (Å²) in [6.45, 7) is 0. The van der Waals surface area contributed by atoms with Gasteiger partial charge in [-0.25, -0.2) is 0 Å². The second kappa shape index (κ2) is 3.71. The summed E-state index contributed by atoms with van der Waals surface area (Å²) in [5, 5.41) is 10.4. The van der Waals surface area contributed by atoms with E-state index in [0.29, 0.717) is 0 Å². The number of alkyl halides is 1. The van der Waals surface area contributed by atoms with E-state index in [-0.39, 0.29) is 0 Å². The first-order valence-electron chi connectivity index (χ1n) is 3.11. The Morgan fingerprint density at radius 1 is 1.36 bits per heavy atom. The van der Waals surface area contributed by atoms with Gasteiger partial charge in [0.1, 0.15) is 0 Å². The van der Waals surface area contributed by atoms with E-state index in [2.05, 4.69) is 0 Å². The summed E-state index contributed by atoms with van der Waals surface area (Å²) in [5.41, 5.74) is 0.771. The molecule has 0 saturated carbocycles. The van der Waals surface area contributed by atoms with Gasteiger partial charge in [0.05, 0.1) is 9.89 Å². The Kier molecular flexibility index (Phi) is 2.87. The average molecular weight is 261 g/mol. The van der Waals surface area contributed by atoms with Crippen LogP contribution in [0.4, 0.5) is 0 Å². The Balaban J connectivity index is 2.85. The molecule has 0 saturated heterocycles. The molecule has 3 heteroatoms. The van der Waals surface area contributed by atoms with Crippen LogP contribution in [0, 0.1) is 0 Å². The predicted molar refractivity (Wildman–Crippen MR) is 48.2 cm³/mol. The zero-order chi connectivity index (χ0) is 8.27. The highest BCUT2D eigenvalue weighted by Crippen LogP contribution is 2.21. The summed E-state index contributed by atoms with van der Waals surface area (Å²) in [7, 11) is 0. The first kappa shape index (κ1) is 8.52. The molecule has 1 unspecified atom stereocenters. The van der Waals surface area contributed by atoms with E-state index in [1.54, 1.807) is 12.1 Å². The highest BCUT2D eigenvalue weighted by molar-refractivity contribution is 14.1. The molecule has 0 heterocycles. The van der Waals surface area contributed by atoms with Gasteiger partial charge in [-0.2, -0.15) is 0 Å². The minimum absolute atomic E-state index is 0.547. The van der Waals surface area contributed by atoms with Crippen molar-refractivity contribution in [2.24, 2.45) is 0 Å². The lowest BCUT2D eigenvalue weighted by Crippen LogP contribution is -2.26. The van der Waals surface area contributed by atoms with Gasteiger partial charge in [-0.15, -0.1) is 0 Å². The SMILES string of the molecule is O=C([O-])C(I)c1ccccc1. The van der Waals surface area contributed by atoms with Crippen molar-refractivity contribution >= 4 is 28.6 Å². The van der Waals surface area contributed by atoms with E-state index in [1.807, 2.05) is 40.8 Å². The van der Waals surface area contributed by atoms with Crippen LogP contribution in [0.1, 0.15) is 9.49 Å². The van der Waals surface area contributed by atoms with E-state index in [0.717, 1.165) is 5.56 Å². The van der Waals surface area contributed by atoms with Crippen LogP contribution in [0.2, 0.25) is 0 Å². The standard InChI is InChI=1S/C8H7IO2/c9-7(8(10)11)6-4-2-1-3-5-6/h1-5,7H,(H,10,11)/p-1. The van der Waals surface area contributed by atoms with Gasteiger partial charge in [-0.1, -0.05) is 52.9 Å². The first-order valence-corrected chi connectivity index (χ1v) is 4.36. The summed E-state index contributed by atoms with van der Waals surface area (Å²) in [6, 6.07) is 9.01. The van der Waals surface area contributed by atoms with Gasteiger partial charge in [-0.05, 0) is 5.56 Å². The first-order chi connectivity index (χ1) is 5.22. The predicted octanol–water partition coefficient (Wildman–Crippen LogP) is 0.913. The number of carboxylic acids is 1. The molecule has 0 N–H and O–H groups in total. The molecule has 0 aromatic heterocycles. The lowest BCUT2D eigenvalue weighted by Gasteiger charge is -2.09. The third-order valence-corrected chi connectivity index (χ3v) is 2.53. The Labute approximate surface area is 78.4 Å². The van der Waals surface area contributed by atoms with Crippen molar-refractivity contribution in [3.05, 3.63) is 35.9 Å². The summed E-state index contributed by atoms with van der Waals surface area (Å²) >= 11 is 1.84. The van der Waals surface area contributed by atoms with Crippen molar-refractivity contribution in [1.82, 2.24) is 0 Å². The number of carboxylic acid groups (broad SMARTS) is 1. The number of rotatable bonds is 2. The van der Waals surface area contributed by atoms with Gasteiger partial charge in [0, 0.05) is 0 Å². The van der Waals surface area contributed by atoms with Gasteiger partial charge in [0.15, 0.2) is 0 Å². The van der Waals surface area contributed by atoms with Crippen LogP contribution in [-0.2, 0) is 4.79 Å². The number of halogens is 1. The minimum atomic E-state index is -1.04. The molecule has 1 atom stereocenters. The van der Waals surface area contributed by atoms with Crippen molar-refractivity contribution in [2.45, 2.75) is 3.92 Å². The van der Waals surface area contributed by atoms with E-state index < -0.39 is 9.89 Å². The van der Waals surface area contributed by atoms with Crippen LogP contribution in [0.3, 0.4) is 0 Å². The smallest absolute Gasteiger partial charge is 0.0754 e. The van der Waals surface area contributed by atoms with E-state index in [9.17, 15) is 9.90 Å². The van der Waals surface area contributed by atoms with Crippen LogP contribution in [0.25, 0.3) is 0 Å². The molecule has 1 rings (SSSR count). The fourth-order valence-electron chi connectivity index (χ4n) is 0.758. The summed E-state index contributed by atoms with van der Waals surface area (Å²) in [4.78, 5) is 10.4. The van der Waals surface area contributed by atoms with Crippen molar-refractivity contribution in [3.8, 4) is 0 Å². The van der Waals surface area contributed by atoms with Crippen LogP contribution >= 0.6 is 22.6 Å². The van der Waals surface area contributed by atoms with Crippen molar-refractivity contribution < 1.29 is 9.90 Å². The average Bonchev–Trinajstić information content (AvgIpc) is 2.05. The number of benzene rings is 1. The zero-order valence-electron chi connectivity index (χ0n) is 5.66. The molecule has 0 aliphatic heterocycles. The highest BCUT2D eigenvalue weighted by atomic mass is 127. The Morgan fingerprint density at radius 3 is 2.36 bits per heavy atom. The van der Waals surface area contributed by atoms with Gasteiger partial charge in [-0.3, -0.25) is 0 Å². The van der Waals surface area contributed by atoms with Crippen molar-refractivity contribution in [3.63, 3.8) is 0 Å². The van der Waals surface area contributed by atoms with E-state index in [4.69, 9.17) is 0 Å². The van der Waals surface area contributed by atoms with Gasteiger partial charge >= 0.3 is 0 Å². The van der Waals surface area contributed by atoms with Crippen molar-refractivity contribution in [1.29, 1.82) is 0 Å². The maximum absolute atomic E-state index is 10.4. The summed E-state index contributed by atoms with van der Waals surface area (Å²) < 4.78 is -0.547. The second-order valence-electron chi connectivity index (χ2n) is 2.09. The number of carbonyl (C=O) groups excluding carboxylic acids is 1. The third kappa shape index (κ3) is 2.18. The molecule has 58 valence electrons. The molecule has 1 aromatic carbocycles. The molecule has 1 aromatic rings. The molecule has 0 fully saturated rings. The number of hydrogen-bond donors (Lipinski definition) is 0. The maximum atomic E-state index is 10.4. The van der Waals surface area contributed by atoms with Gasteiger partial charge < -0.3 is 9.90 Å². The molecular formula is C8H6IO2-. The van der Waals surface area contributed by atoms with Crippen LogP contribution in [-0.4, -0.2) is 5.97 Å². The molecule has 0 spiro atoms. The number of aliphatic carboxylic acids is 1. The Morgan fingerprint density at radius 2 is 1.91 bits per heavy atom. The highest BCUT2D eigenvalue weighted by Gasteiger charge is 2.05. The molecule has 0 aliphatic rings. The number of hydrogen-bond acceptors (Lipinski definition) is 2. The quantitative estimate of drug-likeness (QED) is 0.586. The molecule has 11 heavy (non-hydrogen) atoms. The Hall–Kier alpha value is -0.580. The van der Waals surface area contributed by atoms with Crippen LogP contribution < -0.4 is 5.11 Å². The largest absolute Gasteiger partial charge is 0.549 e. The van der Waals surface area contributed by atoms with Gasteiger partial charge in [0.25, 0.3) is 0 Å². The maximum Gasteiger partial charge on any atom is 0.0754 e. The van der Waals surface area contributed by atoms with Crippen molar-refractivity contribution in [2.75, 3.05) is 0 Å². The number of carbonyl (C=O) groups is 1. The second-order valence-corrected chi connectivity index (χ2v) is 3.34. The van der Waals surface area contributed by atoms with Gasteiger partial charge in [0.2, 0.25) is 0 Å². The zero-order valence-corrected chi connectivity index (χ0v) is 7.82. The molecule has 0 bridgehead atoms. The third-order valence-electron chi connectivity index (χ3n) is 1.30. The lowest BCUT2D eigenvalue weighted by molar-refractivity contribution is -0.304. The molecular weight excluding hydrogens is 255 g/mol. The summed E-state index contributed by atoms with van der Waals surface area (Å²) in [5.74, 6) is -1.04. The van der Waals surface area contributed by atoms with E-state index >= 15 is 0 Å². The fourth-order valence-corrected chi connectivity index (χ4v) is 1.17.